The summed E-state index contributed by atoms with van der Waals surface area (Å²) in [4.78, 5) is 72.1. The van der Waals surface area contributed by atoms with Crippen LogP contribution >= 0.6 is 0 Å². The molecule has 1 saturated heterocycles. The number of carbonyl (C=O) groups excluding carboxylic acids is 3. The highest BCUT2D eigenvalue weighted by molar-refractivity contribution is 5.80. The first-order valence-corrected chi connectivity index (χ1v) is 16.9. The van der Waals surface area contributed by atoms with Crippen LogP contribution in [0.1, 0.15) is 23.1 Å². The Hall–Kier alpha value is -4.25. The Bertz CT molecular complexity index is 1350. The molecule has 0 aliphatic carbocycles. The van der Waals surface area contributed by atoms with Crippen molar-refractivity contribution in [2.45, 2.75) is 32.0 Å². The zero-order valence-corrected chi connectivity index (χ0v) is 28.8. The lowest BCUT2D eigenvalue weighted by Gasteiger charge is -2.32. The minimum atomic E-state index is -0.982. The van der Waals surface area contributed by atoms with Crippen molar-refractivity contribution in [2.75, 3.05) is 85.6 Å². The molecule has 0 saturated carbocycles. The first kappa shape index (κ1) is 40.2. The van der Waals surface area contributed by atoms with Gasteiger partial charge >= 0.3 is 11.9 Å². The zero-order valence-electron chi connectivity index (χ0n) is 28.8. The van der Waals surface area contributed by atoms with Crippen LogP contribution in [0.3, 0.4) is 0 Å². The summed E-state index contributed by atoms with van der Waals surface area (Å²) in [5.41, 5.74) is 5.45. The number of nitrogens with one attached hydrogen (secondary N) is 3. The summed E-state index contributed by atoms with van der Waals surface area (Å²) in [6, 6.07) is 17.3. The van der Waals surface area contributed by atoms with Gasteiger partial charge in [-0.2, -0.15) is 0 Å². The Morgan fingerprint density at radius 2 is 1.22 bits per heavy atom. The third-order valence-electron chi connectivity index (χ3n) is 8.50. The lowest BCUT2D eigenvalue weighted by Crippen LogP contribution is -2.49. The van der Waals surface area contributed by atoms with E-state index < -0.39 is 18.0 Å². The highest BCUT2D eigenvalue weighted by atomic mass is 16.6. The van der Waals surface area contributed by atoms with E-state index in [1.807, 2.05) is 64.4 Å². The van der Waals surface area contributed by atoms with Crippen molar-refractivity contribution in [3.8, 4) is 0 Å². The Morgan fingerprint density at radius 1 is 0.720 bits per heavy atom. The minimum absolute atomic E-state index is 0.0941. The number of nitrogens with zero attached hydrogens (tertiary/aromatic N) is 4. The third-order valence-corrected chi connectivity index (χ3v) is 8.50. The van der Waals surface area contributed by atoms with Crippen LogP contribution in [0.15, 0.2) is 54.6 Å². The fourth-order valence-corrected chi connectivity index (χ4v) is 5.65. The van der Waals surface area contributed by atoms with Crippen LogP contribution in [0.5, 0.6) is 0 Å². The van der Waals surface area contributed by atoms with Gasteiger partial charge in [0.05, 0.1) is 39.3 Å². The predicted octanol–water partition coefficient (Wildman–Crippen LogP) is -0.339. The number of aldehydes is 1. The molecule has 1 atom stereocenters. The number of amides is 2. The van der Waals surface area contributed by atoms with E-state index in [1.165, 1.54) is 7.11 Å². The quantitative estimate of drug-likeness (QED) is 0.101. The summed E-state index contributed by atoms with van der Waals surface area (Å²) in [7, 11) is 1.41. The molecule has 0 radical (unpaired) electrons. The van der Waals surface area contributed by atoms with Crippen molar-refractivity contribution in [2.24, 2.45) is 0 Å². The molecule has 15 heteroatoms. The Labute approximate surface area is 293 Å². The number of aryl methyl sites for hydroxylation is 1. The van der Waals surface area contributed by atoms with Crippen molar-refractivity contribution < 1.29 is 39.0 Å². The molecule has 1 heterocycles. The van der Waals surface area contributed by atoms with Gasteiger partial charge in [-0.1, -0.05) is 54.6 Å². The largest absolute Gasteiger partial charge is 0.480 e. The third kappa shape index (κ3) is 16.0. The summed E-state index contributed by atoms with van der Waals surface area (Å²) in [6.07, 6.45) is 2.14. The van der Waals surface area contributed by atoms with Crippen molar-refractivity contribution in [3.05, 3.63) is 71.3 Å². The van der Waals surface area contributed by atoms with Crippen LogP contribution in [-0.4, -0.2) is 152 Å². The highest BCUT2D eigenvalue weighted by Crippen LogP contribution is 2.09. The fourth-order valence-electron chi connectivity index (χ4n) is 5.65. The van der Waals surface area contributed by atoms with Gasteiger partial charge in [-0.3, -0.25) is 43.6 Å². The van der Waals surface area contributed by atoms with Gasteiger partial charge in [0.2, 0.25) is 5.91 Å². The van der Waals surface area contributed by atoms with E-state index in [1.54, 1.807) is 9.80 Å². The molecule has 0 spiro atoms. The molecule has 1 aliphatic rings. The van der Waals surface area contributed by atoms with Gasteiger partial charge in [0.1, 0.15) is 6.29 Å². The van der Waals surface area contributed by atoms with Gasteiger partial charge < -0.3 is 25.6 Å². The maximum Gasteiger partial charge on any atom is 0.317 e. The van der Waals surface area contributed by atoms with Crippen molar-refractivity contribution >= 4 is 30.0 Å². The molecule has 15 nitrogen and oxygen atoms in total. The molecule has 1 aliphatic heterocycles. The van der Waals surface area contributed by atoms with E-state index in [0.29, 0.717) is 71.9 Å². The molecule has 2 amide bonds. The molecular weight excluding hydrogens is 646 g/mol. The number of hydrogen-bond acceptors (Lipinski definition) is 11. The second-order valence-electron chi connectivity index (χ2n) is 12.3. The number of benzene rings is 2. The molecule has 0 aromatic heterocycles. The highest BCUT2D eigenvalue weighted by Gasteiger charge is 2.21. The van der Waals surface area contributed by atoms with E-state index in [-0.39, 0.29) is 38.0 Å². The molecule has 274 valence electrons. The SMILES string of the molecule is CONC(=O)[C@@H](CCc1ccccc1)NCc1ccc(CNC(=O)CN2CCN(CC=O)CCN(CC(=O)O)CCN(CC(=O)O)CC2)cc1. The lowest BCUT2D eigenvalue weighted by atomic mass is 10.0. The molecule has 3 rings (SSSR count). The number of carboxylic acid groups (broad SMARTS) is 2. The van der Waals surface area contributed by atoms with E-state index in [0.717, 1.165) is 29.4 Å². The monoisotopic (exact) mass is 697 g/mol. The maximum atomic E-state index is 13.0. The number of hydroxylamine groups is 1. The Balaban J connectivity index is 1.53. The van der Waals surface area contributed by atoms with Crippen molar-refractivity contribution in [1.82, 2.24) is 35.7 Å². The molecule has 0 bridgehead atoms. The van der Waals surface area contributed by atoms with Gasteiger partial charge in [-0.05, 0) is 29.5 Å². The average molecular weight is 698 g/mol. The van der Waals surface area contributed by atoms with Crippen LogP contribution in [0, 0.1) is 0 Å². The van der Waals surface area contributed by atoms with Crippen molar-refractivity contribution in [3.63, 3.8) is 0 Å². The number of carbonyl (C=O) groups is 5. The number of hydrogen-bond donors (Lipinski definition) is 5. The van der Waals surface area contributed by atoms with Crippen LogP contribution in [-0.2, 0) is 48.3 Å². The fraction of sp³-hybridized carbons (Fsp3) is 0.514. The second-order valence-corrected chi connectivity index (χ2v) is 12.3. The zero-order chi connectivity index (χ0) is 36.1. The molecule has 50 heavy (non-hydrogen) atoms. The molecular formula is C35H51N7O8. The molecule has 0 unspecified atom stereocenters. The first-order chi connectivity index (χ1) is 24.1. The van der Waals surface area contributed by atoms with Gasteiger partial charge in [0.25, 0.3) is 5.91 Å². The van der Waals surface area contributed by atoms with Gasteiger partial charge in [-0.15, -0.1) is 0 Å². The van der Waals surface area contributed by atoms with Crippen LogP contribution in [0.25, 0.3) is 0 Å². The minimum Gasteiger partial charge on any atom is -0.480 e. The summed E-state index contributed by atoms with van der Waals surface area (Å²) in [5.74, 6) is -2.38. The lowest BCUT2D eigenvalue weighted by molar-refractivity contribution is -0.140. The first-order valence-electron chi connectivity index (χ1n) is 16.9. The molecule has 2 aromatic rings. The predicted molar refractivity (Wildman–Crippen MR) is 186 cm³/mol. The van der Waals surface area contributed by atoms with E-state index in [9.17, 15) is 34.2 Å². The van der Waals surface area contributed by atoms with Crippen LogP contribution < -0.4 is 16.1 Å². The topological polar surface area (TPSA) is 184 Å². The number of aliphatic carboxylic acids is 2. The van der Waals surface area contributed by atoms with E-state index in [4.69, 9.17) is 4.84 Å². The molecule has 1 fully saturated rings. The average Bonchev–Trinajstić information content (AvgIpc) is 3.09. The summed E-state index contributed by atoms with van der Waals surface area (Å²) < 4.78 is 0. The van der Waals surface area contributed by atoms with E-state index in [2.05, 4.69) is 16.1 Å². The van der Waals surface area contributed by atoms with Crippen LogP contribution in [0.2, 0.25) is 0 Å². The standard InChI is InChI=1S/C35H51N7O8/c1-50-38-35(49)31(12-11-28-5-3-2-4-6-28)36-23-29-7-9-30(10-8-29)24-37-32(44)25-40-15-13-39(21-22-43)14-16-41(26-33(45)46)19-20-42(18-17-40)27-34(47)48/h2-10,22,31,36H,11-21,23-27H2,1H3,(H,37,44)(H,38,49)(H,45,46)(H,47,48)/t31-/m1/s1. The van der Waals surface area contributed by atoms with Gasteiger partial charge in [-0.25, -0.2) is 5.48 Å². The molecule has 5 N–H and O–H groups in total. The molecule has 2 aromatic carbocycles. The summed E-state index contributed by atoms with van der Waals surface area (Å²) >= 11 is 0. The number of rotatable bonds is 18. The summed E-state index contributed by atoms with van der Waals surface area (Å²) in [5, 5.41) is 25.0. The smallest absolute Gasteiger partial charge is 0.317 e. The van der Waals surface area contributed by atoms with Crippen molar-refractivity contribution in [1.29, 1.82) is 0 Å². The normalized spacial score (nSPS) is 16.4. The maximum absolute atomic E-state index is 13.0. The van der Waals surface area contributed by atoms with Gasteiger partial charge in [0, 0.05) is 65.4 Å². The Morgan fingerprint density at radius 3 is 1.72 bits per heavy atom. The summed E-state index contributed by atoms with van der Waals surface area (Å²) in [6.45, 7) is 4.05. The Kier molecular flexibility index (Phi) is 18.1. The van der Waals surface area contributed by atoms with Crippen LogP contribution in [0.4, 0.5) is 0 Å². The van der Waals surface area contributed by atoms with Gasteiger partial charge in [0.15, 0.2) is 0 Å². The second kappa shape index (κ2) is 22.5. The van der Waals surface area contributed by atoms with E-state index >= 15 is 0 Å². The number of carboxylic acids is 2.